The van der Waals surface area contributed by atoms with Crippen LogP contribution in [0, 0.1) is 0 Å². The van der Waals surface area contributed by atoms with Gasteiger partial charge >= 0.3 is 0 Å². The molecule has 1 atom stereocenters. The van der Waals surface area contributed by atoms with Gasteiger partial charge in [0, 0.05) is 30.4 Å². The van der Waals surface area contributed by atoms with Crippen LogP contribution in [0.15, 0.2) is 57.8 Å². The van der Waals surface area contributed by atoms with Crippen molar-refractivity contribution >= 4 is 17.7 Å². The van der Waals surface area contributed by atoms with Crippen LogP contribution in [0.1, 0.15) is 72.5 Å². The van der Waals surface area contributed by atoms with E-state index < -0.39 is 0 Å². The van der Waals surface area contributed by atoms with Crippen LogP contribution in [-0.2, 0) is 11.2 Å². The Morgan fingerprint density at radius 1 is 1.07 bits per heavy atom. The topological polar surface area (TPSA) is 42.2 Å². The molecule has 1 heterocycles. The maximum atomic E-state index is 12.0. The van der Waals surface area contributed by atoms with Gasteiger partial charge in [0.25, 0.3) is 0 Å². The van der Waals surface area contributed by atoms with Crippen LogP contribution in [0.2, 0.25) is 0 Å². The van der Waals surface area contributed by atoms with Gasteiger partial charge in [0.15, 0.2) is 0 Å². The molecule has 0 spiro atoms. The molecule has 1 rings (SSSR count). The minimum absolute atomic E-state index is 0.0907. The Kier molecular flexibility index (Phi) is 13.3. The fraction of sp³-hybridized carbons (Fsp3) is 0.560. The first-order chi connectivity index (χ1) is 13.9. The van der Waals surface area contributed by atoms with Crippen LogP contribution in [0.4, 0.5) is 0 Å². The summed E-state index contributed by atoms with van der Waals surface area (Å²) < 4.78 is 5.26. The summed E-state index contributed by atoms with van der Waals surface area (Å²) in [6.07, 6.45) is 14.3. The molecule has 0 bridgehead atoms. The van der Waals surface area contributed by atoms with Gasteiger partial charge in [0.2, 0.25) is 5.91 Å². The molecule has 0 aliphatic rings. The van der Waals surface area contributed by atoms with Crippen molar-refractivity contribution in [2.45, 2.75) is 79.2 Å². The second kappa shape index (κ2) is 15.2. The molecule has 0 aromatic carbocycles. The number of thioether (sulfide) groups is 1. The highest BCUT2D eigenvalue weighted by molar-refractivity contribution is 7.99. The lowest BCUT2D eigenvalue weighted by molar-refractivity contribution is -0.121. The van der Waals surface area contributed by atoms with E-state index in [0.29, 0.717) is 12.8 Å². The second-order valence-corrected chi connectivity index (χ2v) is 9.12. The first-order valence-corrected chi connectivity index (χ1v) is 11.9. The molecule has 162 valence electrons. The summed E-state index contributed by atoms with van der Waals surface area (Å²) in [6.45, 7) is 10.8. The van der Waals surface area contributed by atoms with Gasteiger partial charge in [0.05, 0.1) is 6.26 Å². The van der Waals surface area contributed by atoms with E-state index in [1.807, 2.05) is 23.9 Å². The Balaban J connectivity index is 2.12. The molecule has 0 aliphatic carbocycles. The first kappa shape index (κ1) is 25.4. The van der Waals surface area contributed by atoms with Crippen molar-refractivity contribution in [2.75, 3.05) is 11.5 Å². The van der Waals surface area contributed by atoms with E-state index in [2.05, 4.69) is 58.2 Å². The van der Waals surface area contributed by atoms with E-state index in [9.17, 15) is 4.79 Å². The Labute approximate surface area is 182 Å². The van der Waals surface area contributed by atoms with E-state index in [4.69, 9.17) is 4.42 Å². The van der Waals surface area contributed by atoms with Crippen LogP contribution >= 0.6 is 11.8 Å². The van der Waals surface area contributed by atoms with Gasteiger partial charge < -0.3 is 9.73 Å². The number of carbonyl (C=O) groups excluding carboxylic acids is 1. The van der Waals surface area contributed by atoms with Gasteiger partial charge in [-0.05, 0) is 72.4 Å². The van der Waals surface area contributed by atoms with Gasteiger partial charge in [-0.2, -0.15) is 11.8 Å². The van der Waals surface area contributed by atoms with Crippen molar-refractivity contribution in [3.8, 4) is 0 Å². The highest BCUT2D eigenvalue weighted by atomic mass is 32.2. The van der Waals surface area contributed by atoms with Crippen LogP contribution in [0.25, 0.3) is 0 Å². The lowest BCUT2D eigenvalue weighted by Crippen LogP contribution is -2.34. The summed E-state index contributed by atoms with van der Waals surface area (Å²) in [5.41, 5.74) is 4.33. The molecule has 3 nitrogen and oxygen atoms in total. The number of hydrogen-bond donors (Lipinski definition) is 1. The lowest BCUT2D eigenvalue weighted by Gasteiger charge is -2.13. The van der Waals surface area contributed by atoms with E-state index in [0.717, 1.165) is 42.9 Å². The Morgan fingerprint density at radius 2 is 1.76 bits per heavy atom. The Morgan fingerprint density at radius 3 is 2.41 bits per heavy atom. The Bertz CT molecular complexity index is 667. The molecule has 1 aromatic heterocycles. The molecular formula is C25H39NO2S. The molecule has 1 aromatic rings. The van der Waals surface area contributed by atoms with E-state index in [-0.39, 0.29) is 11.9 Å². The van der Waals surface area contributed by atoms with E-state index in [1.165, 1.54) is 16.7 Å². The largest absolute Gasteiger partial charge is 0.469 e. The SMILES string of the molecule is CC(C)=CCC/C(C)=C/CC/C(C)=C/CSCC(C)NC(=O)CCc1ccco1. The van der Waals surface area contributed by atoms with Gasteiger partial charge in [-0.1, -0.05) is 34.9 Å². The number of allylic oxidation sites excluding steroid dienone is 5. The standard InChI is InChI=1S/C25H39NO2S/c1-20(2)9-6-10-21(3)11-7-12-22(4)16-18-29-19-23(5)26-25(27)15-14-24-13-8-17-28-24/h8-9,11,13,16-17,23H,6-7,10,12,14-15,18-19H2,1-5H3,(H,26,27)/b21-11+,22-16+. The van der Waals surface area contributed by atoms with E-state index in [1.54, 1.807) is 6.26 Å². The average molecular weight is 418 g/mol. The summed E-state index contributed by atoms with van der Waals surface area (Å²) in [5, 5.41) is 3.07. The fourth-order valence-corrected chi connectivity index (χ4v) is 3.84. The van der Waals surface area contributed by atoms with Gasteiger partial charge in [-0.15, -0.1) is 0 Å². The van der Waals surface area contributed by atoms with E-state index >= 15 is 0 Å². The molecule has 0 saturated carbocycles. The smallest absolute Gasteiger partial charge is 0.220 e. The van der Waals surface area contributed by atoms with Gasteiger partial charge in [0.1, 0.15) is 5.76 Å². The number of amides is 1. The zero-order valence-corrected chi connectivity index (χ0v) is 19.7. The van der Waals surface area contributed by atoms with Crippen LogP contribution in [0.5, 0.6) is 0 Å². The number of carbonyl (C=O) groups is 1. The third kappa shape index (κ3) is 14.0. The molecule has 1 amide bonds. The highest BCUT2D eigenvalue weighted by Gasteiger charge is 2.08. The van der Waals surface area contributed by atoms with Crippen LogP contribution in [-0.4, -0.2) is 23.5 Å². The van der Waals surface area contributed by atoms with Crippen molar-refractivity contribution in [3.63, 3.8) is 0 Å². The second-order valence-electron chi connectivity index (χ2n) is 8.05. The van der Waals surface area contributed by atoms with Crippen molar-refractivity contribution in [1.29, 1.82) is 0 Å². The van der Waals surface area contributed by atoms with Gasteiger partial charge in [-0.25, -0.2) is 0 Å². The maximum absolute atomic E-state index is 12.0. The predicted molar refractivity (Wildman–Crippen MR) is 127 cm³/mol. The Hall–Kier alpha value is -1.68. The minimum atomic E-state index is 0.0907. The molecule has 1 N–H and O–H groups in total. The molecule has 0 saturated heterocycles. The van der Waals surface area contributed by atoms with Crippen LogP contribution < -0.4 is 5.32 Å². The average Bonchev–Trinajstić information content (AvgIpc) is 3.17. The fourth-order valence-electron chi connectivity index (χ4n) is 2.87. The van der Waals surface area contributed by atoms with Gasteiger partial charge in [-0.3, -0.25) is 4.79 Å². The summed E-state index contributed by atoms with van der Waals surface area (Å²) >= 11 is 1.87. The summed E-state index contributed by atoms with van der Waals surface area (Å²) in [6, 6.07) is 3.94. The molecule has 0 radical (unpaired) electrons. The van der Waals surface area contributed by atoms with Crippen molar-refractivity contribution in [2.24, 2.45) is 0 Å². The third-order valence-corrected chi connectivity index (χ3v) is 5.76. The lowest BCUT2D eigenvalue weighted by atomic mass is 10.1. The normalized spacial score (nSPS) is 13.3. The van der Waals surface area contributed by atoms with Crippen molar-refractivity contribution in [1.82, 2.24) is 5.32 Å². The van der Waals surface area contributed by atoms with Crippen LogP contribution in [0.3, 0.4) is 0 Å². The number of furan rings is 1. The minimum Gasteiger partial charge on any atom is -0.469 e. The maximum Gasteiger partial charge on any atom is 0.220 e. The molecule has 29 heavy (non-hydrogen) atoms. The number of rotatable bonds is 14. The quantitative estimate of drug-likeness (QED) is 0.265. The number of hydrogen-bond acceptors (Lipinski definition) is 3. The third-order valence-electron chi connectivity index (χ3n) is 4.63. The predicted octanol–water partition coefficient (Wildman–Crippen LogP) is 6.87. The highest BCUT2D eigenvalue weighted by Crippen LogP contribution is 2.13. The zero-order valence-electron chi connectivity index (χ0n) is 18.9. The monoisotopic (exact) mass is 417 g/mol. The van der Waals surface area contributed by atoms with Crippen molar-refractivity contribution < 1.29 is 9.21 Å². The summed E-state index contributed by atoms with van der Waals surface area (Å²) in [7, 11) is 0. The molecule has 4 heteroatoms. The molecular weight excluding hydrogens is 378 g/mol. The summed E-state index contributed by atoms with van der Waals surface area (Å²) in [4.78, 5) is 12.0. The zero-order chi connectivity index (χ0) is 21.5. The molecule has 1 unspecified atom stereocenters. The first-order valence-electron chi connectivity index (χ1n) is 10.7. The number of aryl methyl sites for hydroxylation is 1. The number of nitrogens with one attached hydrogen (secondary N) is 1. The summed E-state index contributed by atoms with van der Waals surface area (Å²) in [5.74, 6) is 2.88. The van der Waals surface area contributed by atoms with Crippen molar-refractivity contribution in [3.05, 3.63) is 59.1 Å². The molecule has 0 aliphatic heterocycles. The molecule has 0 fully saturated rings.